The molecule has 2 N–H and O–H groups in total. The van der Waals surface area contributed by atoms with Gasteiger partial charge in [0.05, 0.1) is 11.9 Å². The Bertz CT molecular complexity index is 1300. The molecule has 1 aliphatic rings. The van der Waals surface area contributed by atoms with E-state index in [1.807, 2.05) is 72.4 Å². The minimum Gasteiger partial charge on any atom is -0.457 e. The number of carbonyl (C=O) groups is 1. The lowest BCUT2D eigenvalue weighted by atomic mass is 10.1. The Morgan fingerprint density at radius 2 is 1.74 bits per heavy atom. The molecule has 4 aromatic rings. The number of likely N-dealkylation sites (tertiary alicyclic amines) is 1. The molecule has 2 aromatic heterocycles. The summed E-state index contributed by atoms with van der Waals surface area (Å²) in [5.74, 6) is 1.94. The molecule has 1 amide bonds. The van der Waals surface area contributed by atoms with E-state index in [-0.39, 0.29) is 5.91 Å². The second kappa shape index (κ2) is 10.1. The van der Waals surface area contributed by atoms with Gasteiger partial charge >= 0.3 is 0 Å². The number of nitrogens with zero attached hydrogens (tertiary/aromatic N) is 5. The summed E-state index contributed by atoms with van der Waals surface area (Å²) in [6, 6.07) is 17.5. The summed E-state index contributed by atoms with van der Waals surface area (Å²) in [4.78, 5) is 24.2. The van der Waals surface area contributed by atoms with E-state index >= 15 is 0 Å². The van der Waals surface area contributed by atoms with Crippen LogP contribution in [0, 0.1) is 0 Å². The highest BCUT2D eigenvalue weighted by Gasteiger charge is 2.23. The van der Waals surface area contributed by atoms with Crippen LogP contribution >= 0.6 is 0 Å². The van der Waals surface area contributed by atoms with Gasteiger partial charge < -0.3 is 15.4 Å². The first kappa shape index (κ1) is 22.9. The molecule has 180 valence electrons. The molecule has 0 bridgehead atoms. The van der Waals surface area contributed by atoms with E-state index in [1.54, 1.807) is 5.01 Å². The van der Waals surface area contributed by atoms with Crippen molar-refractivity contribution >= 4 is 22.8 Å². The molecule has 0 unspecified atom stereocenters. The Balaban J connectivity index is 1.49. The van der Waals surface area contributed by atoms with Crippen LogP contribution in [0.25, 0.3) is 22.2 Å². The normalized spacial score (nSPS) is 13.9. The third-order valence-electron chi connectivity index (χ3n) is 6.42. The first-order chi connectivity index (χ1) is 17.1. The highest BCUT2D eigenvalue weighted by molar-refractivity contribution is 6.02. The number of amides is 1. The Morgan fingerprint density at radius 3 is 2.46 bits per heavy atom. The maximum atomic E-state index is 13.0. The lowest BCUT2D eigenvalue weighted by Crippen LogP contribution is -2.44. The predicted molar refractivity (Wildman–Crippen MR) is 138 cm³/mol. The first-order valence-electron chi connectivity index (χ1n) is 12.1. The van der Waals surface area contributed by atoms with Gasteiger partial charge in [-0.25, -0.2) is 19.7 Å². The van der Waals surface area contributed by atoms with Crippen LogP contribution in [0.1, 0.15) is 26.2 Å². The molecule has 8 heteroatoms. The Morgan fingerprint density at radius 1 is 1.03 bits per heavy atom. The average molecular weight is 471 g/mol. The zero-order valence-electron chi connectivity index (χ0n) is 19.9. The van der Waals surface area contributed by atoms with Gasteiger partial charge in [-0.1, -0.05) is 37.3 Å². The van der Waals surface area contributed by atoms with Crippen molar-refractivity contribution in [3.8, 4) is 22.6 Å². The average Bonchev–Trinajstić information content (AvgIpc) is 3.54. The van der Waals surface area contributed by atoms with E-state index in [4.69, 9.17) is 10.5 Å². The van der Waals surface area contributed by atoms with Crippen molar-refractivity contribution in [2.75, 3.05) is 36.9 Å². The van der Waals surface area contributed by atoms with Gasteiger partial charge in [-0.15, -0.1) is 0 Å². The van der Waals surface area contributed by atoms with E-state index in [1.165, 1.54) is 19.2 Å². The number of anilines is 1. The SMILES string of the molecule is CCC(=O)N(CCN1CCCC1)n1cc(-c2ccc(Oc3ccccc3)cc2)c2c(N)ncnc21. The summed E-state index contributed by atoms with van der Waals surface area (Å²) in [7, 11) is 0. The first-order valence-corrected chi connectivity index (χ1v) is 12.1. The van der Waals surface area contributed by atoms with Gasteiger partial charge in [0.1, 0.15) is 23.6 Å². The minimum atomic E-state index is 0.0384. The van der Waals surface area contributed by atoms with Gasteiger partial charge in [0.15, 0.2) is 5.65 Å². The van der Waals surface area contributed by atoms with E-state index in [9.17, 15) is 4.79 Å². The van der Waals surface area contributed by atoms with Crippen LogP contribution in [-0.4, -0.2) is 51.6 Å². The number of ether oxygens (including phenoxy) is 1. The van der Waals surface area contributed by atoms with Crippen molar-refractivity contribution in [2.45, 2.75) is 26.2 Å². The number of hydrogen-bond donors (Lipinski definition) is 1. The van der Waals surface area contributed by atoms with Gasteiger partial charge in [-0.2, -0.15) is 0 Å². The van der Waals surface area contributed by atoms with Crippen molar-refractivity contribution in [1.29, 1.82) is 0 Å². The molecular formula is C27H30N6O2. The molecule has 1 saturated heterocycles. The fraction of sp³-hybridized carbons (Fsp3) is 0.296. The van der Waals surface area contributed by atoms with Crippen LogP contribution in [-0.2, 0) is 4.79 Å². The van der Waals surface area contributed by atoms with Gasteiger partial charge in [0, 0.05) is 24.7 Å². The van der Waals surface area contributed by atoms with Gasteiger partial charge in [-0.3, -0.25) is 4.79 Å². The summed E-state index contributed by atoms with van der Waals surface area (Å²) < 4.78 is 7.78. The van der Waals surface area contributed by atoms with Crippen LogP contribution in [0.2, 0.25) is 0 Å². The summed E-state index contributed by atoms with van der Waals surface area (Å²) in [5.41, 5.74) is 8.76. The fourth-order valence-corrected chi connectivity index (χ4v) is 4.58. The zero-order valence-corrected chi connectivity index (χ0v) is 19.9. The van der Waals surface area contributed by atoms with Gasteiger partial charge in [0.2, 0.25) is 5.91 Å². The van der Waals surface area contributed by atoms with Crippen molar-refractivity contribution in [3.63, 3.8) is 0 Å². The molecule has 0 atom stereocenters. The molecule has 3 heterocycles. The molecule has 0 radical (unpaired) electrons. The smallest absolute Gasteiger partial charge is 0.241 e. The number of aromatic nitrogens is 3. The highest BCUT2D eigenvalue weighted by Crippen LogP contribution is 2.34. The number of nitrogens with two attached hydrogens (primary N) is 1. The summed E-state index contributed by atoms with van der Waals surface area (Å²) in [6.07, 6.45) is 6.23. The number of carbonyl (C=O) groups excluding carboxylic acids is 1. The minimum absolute atomic E-state index is 0.0384. The van der Waals surface area contributed by atoms with E-state index in [0.29, 0.717) is 24.4 Å². The number of hydrogen-bond acceptors (Lipinski definition) is 6. The third-order valence-corrected chi connectivity index (χ3v) is 6.42. The lowest BCUT2D eigenvalue weighted by molar-refractivity contribution is -0.119. The lowest BCUT2D eigenvalue weighted by Gasteiger charge is -2.26. The molecule has 2 aromatic carbocycles. The molecule has 0 aliphatic carbocycles. The van der Waals surface area contributed by atoms with Crippen LogP contribution in [0.15, 0.2) is 67.1 Å². The van der Waals surface area contributed by atoms with Crippen LogP contribution in [0.5, 0.6) is 11.5 Å². The van der Waals surface area contributed by atoms with Crippen molar-refractivity contribution in [3.05, 3.63) is 67.1 Å². The standard InChI is InChI=1S/C27H30N6O2/c1-2-24(34)32(17-16-31-14-6-7-15-31)33-18-23(25-26(28)29-19-30-27(25)33)20-10-12-22(13-11-20)35-21-8-4-3-5-9-21/h3-5,8-13,18-19H,2,6-7,14-17H2,1H3,(H2,28,29,30). The van der Waals surface area contributed by atoms with Crippen LogP contribution in [0.3, 0.4) is 0 Å². The second-order valence-corrected chi connectivity index (χ2v) is 8.70. The number of rotatable bonds is 8. The molecule has 0 saturated carbocycles. The van der Waals surface area contributed by atoms with Gasteiger partial charge in [-0.05, 0) is 55.8 Å². The van der Waals surface area contributed by atoms with Gasteiger partial charge in [0.25, 0.3) is 0 Å². The predicted octanol–water partition coefficient (Wildman–Crippen LogP) is 4.44. The largest absolute Gasteiger partial charge is 0.457 e. The molecule has 35 heavy (non-hydrogen) atoms. The highest BCUT2D eigenvalue weighted by atomic mass is 16.5. The van der Waals surface area contributed by atoms with Crippen molar-refractivity contribution < 1.29 is 9.53 Å². The summed E-state index contributed by atoms with van der Waals surface area (Å²) >= 11 is 0. The van der Waals surface area contributed by atoms with Crippen molar-refractivity contribution in [1.82, 2.24) is 19.5 Å². The third kappa shape index (κ3) is 4.83. The molecule has 1 fully saturated rings. The van der Waals surface area contributed by atoms with E-state index in [0.717, 1.165) is 47.6 Å². The van der Waals surface area contributed by atoms with E-state index in [2.05, 4.69) is 14.9 Å². The van der Waals surface area contributed by atoms with Crippen molar-refractivity contribution in [2.24, 2.45) is 0 Å². The topological polar surface area (TPSA) is 89.5 Å². The molecule has 8 nitrogen and oxygen atoms in total. The zero-order chi connectivity index (χ0) is 24.2. The molecule has 5 rings (SSSR count). The summed E-state index contributed by atoms with van der Waals surface area (Å²) in [6.45, 7) is 5.46. The summed E-state index contributed by atoms with van der Waals surface area (Å²) in [5, 5.41) is 2.52. The monoisotopic (exact) mass is 470 g/mol. The molecule has 0 spiro atoms. The number of benzene rings is 2. The molecule has 1 aliphatic heterocycles. The Labute approximate surface area is 204 Å². The number of para-hydroxylation sites is 1. The number of fused-ring (bicyclic) bond motifs is 1. The van der Waals surface area contributed by atoms with Crippen LogP contribution < -0.4 is 15.5 Å². The second-order valence-electron chi connectivity index (χ2n) is 8.70. The van der Waals surface area contributed by atoms with E-state index < -0.39 is 0 Å². The Kier molecular flexibility index (Phi) is 6.63. The maximum Gasteiger partial charge on any atom is 0.241 e. The fourth-order valence-electron chi connectivity index (χ4n) is 4.58. The van der Waals surface area contributed by atoms with Crippen LogP contribution in [0.4, 0.5) is 5.82 Å². The Hall–Kier alpha value is -3.91. The maximum absolute atomic E-state index is 13.0. The quantitative estimate of drug-likeness (QED) is 0.409. The number of nitrogen functional groups attached to an aromatic ring is 1. The molecular weight excluding hydrogens is 440 g/mol.